The minimum atomic E-state index is -0.681. The second-order valence-electron chi connectivity index (χ2n) is 7.75. The highest BCUT2D eigenvalue weighted by atomic mass is 32.2. The number of aryl methyl sites for hydroxylation is 1. The van der Waals surface area contributed by atoms with Crippen molar-refractivity contribution in [3.05, 3.63) is 89.5 Å². The van der Waals surface area contributed by atoms with Crippen LogP contribution in [-0.4, -0.2) is 37.0 Å². The van der Waals surface area contributed by atoms with E-state index in [0.717, 1.165) is 33.7 Å². The fourth-order valence-electron chi connectivity index (χ4n) is 3.62. The molecule has 33 heavy (non-hydrogen) atoms. The van der Waals surface area contributed by atoms with Gasteiger partial charge in [-0.1, -0.05) is 48.5 Å². The van der Waals surface area contributed by atoms with Crippen molar-refractivity contribution < 1.29 is 14.3 Å². The summed E-state index contributed by atoms with van der Waals surface area (Å²) in [4.78, 5) is 25.5. The van der Waals surface area contributed by atoms with Gasteiger partial charge in [-0.2, -0.15) is 11.8 Å². The van der Waals surface area contributed by atoms with Crippen molar-refractivity contribution in [3.63, 3.8) is 0 Å². The Morgan fingerprint density at radius 2 is 1.70 bits per heavy atom. The van der Waals surface area contributed by atoms with Crippen molar-refractivity contribution in [2.45, 2.75) is 25.9 Å². The van der Waals surface area contributed by atoms with Crippen molar-refractivity contribution in [2.75, 3.05) is 24.4 Å². The first kappa shape index (κ1) is 24.4. The average Bonchev–Trinajstić information content (AvgIpc) is 2.85. The van der Waals surface area contributed by atoms with Crippen LogP contribution in [0.3, 0.4) is 0 Å². The molecule has 3 aromatic carbocycles. The van der Waals surface area contributed by atoms with Gasteiger partial charge in [-0.05, 0) is 71.9 Å². The van der Waals surface area contributed by atoms with Crippen LogP contribution in [0.5, 0.6) is 0 Å². The first-order chi connectivity index (χ1) is 16.0. The van der Waals surface area contributed by atoms with Gasteiger partial charge < -0.3 is 15.4 Å². The Kier molecular flexibility index (Phi) is 8.95. The lowest BCUT2D eigenvalue weighted by Gasteiger charge is -2.19. The Labute approximate surface area is 199 Å². The number of nitrogens with one attached hydrogen (secondary N) is 2. The van der Waals surface area contributed by atoms with Crippen LogP contribution < -0.4 is 10.6 Å². The molecule has 0 saturated carbocycles. The Bertz CT molecular complexity index is 1090. The molecule has 0 fully saturated rings. The molecular formula is C27H30N2O3S. The maximum atomic E-state index is 13.3. The number of esters is 1. The zero-order valence-electron chi connectivity index (χ0n) is 19.3. The molecule has 0 aliphatic carbocycles. The largest absolute Gasteiger partial charge is 0.467 e. The molecule has 0 heterocycles. The van der Waals surface area contributed by atoms with E-state index < -0.39 is 12.0 Å². The molecule has 0 radical (unpaired) electrons. The maximum Gasteiger partial charge on any atom is 0.328 e. The van der Waals surface area contributed by atoms with Gasteiger partial charge in [0, 0.05) is 17.8 Å². The molecule has 0 aromatic heterocycles. The van der Waals surface area contributed by atoms with Crippen molar-refractivity contribution in [1.29, 1.82) is 0 Å². The number of thioether (sulfide) groups is 1. The SMILES string of the molecule is COC(=O)[C@H](CCSC)NC(=O)c1ccc(CNc2ccccc2)cc1-c1ccccc1C. The molecule has 0 saturated heterocycles. The molecule has 0 spiro atoms. The minimum Gasteiger partial charge on any atom is -0.467 e. The number of amides is 1. The van der Waals surface area contributed by atoms with Gasteiger partial charge in [0.2, 0.25) is 0 Å². The van der Waals surface area contributed by atoms with Gasteiger partial charge in [0.05, 0.1) is 7.11 Å². The third-order valence-electron chi connectivity index (χ3n) is 5.44. The van der Waals surface area contributed by atoms with Crippen LogP contribution in [0, 0.1) is 6.92 Å². The van der Waals surface area contributed by atoms with Gasteiger partial charge in [-0.15, -0.1) is 0 Å². The molecule has 0 bridgehead atoms. The third kappa shape index (κ3) is 6.62. The van der Waals surface area contributed by atoms with E-state index in [1.165, 1.54) is 7.11 Å². The average molecular weight is 463 g/mol. The monoisotopic (exact) mass is 462 g/mol. The number of methoxy groups -OCH3 is 1. The van der Waals surface area contributed by atoms with Crippen molar-refractivity contribution in [1.82, 2.24) is 5.32 Å². The zero-order valence-corrected chi connectivity index (χ0v) is 20.1. The first-order valence-corrected chi connectivity index (χ1v) is 12.3. The molecule has 5 nitrogen and oxygen atoms in total. The van der Waals surface area contributed by atoms with Gasteiger partial charge in [-0.25, -0.2) is 4.79 Å². The van der Waals surface area contributed by atoms with Crippen molar-refractivity contribution in [3.8, 4) is 11.1 Å². The van der Waals surface area contributed by atoms with E-state index in [9.17, 15) is 9.59 Å². The number of hydrogen-bond donors (Lipinski definition) is 2. The topological polar surface area (TPSA) is 67.4 Å². The summed E-state index contributed by atoms with van der Waals surface area (Å²) in [5.74, 6) is 0.0280. The second kappa shape index (κ2) is 12.1. The molecule has 0 unspecified atom stereocenters. The zero-order chi connectivity index (χ0) is 23.6. The molecule has 6 heteroatoms. The first-order valence-electron chi connectivity index (χ1n) is 10.9. The minimum absolute atomic E-state index is 0.285. The van der Waals surface area contributed by atoms with E-state index >= 15 is 0 Å². The van der Waals surface area contributed by atoms with Crippen LogP contribution >= 0.6 is 11.8 Å². The summed E-state index contributed by atoms with van der Waals surface area (Å²) < 4.78 is 4.90. The third-order valence-corrected chi connectivity index (χ3v) is 6.08. The van der Waals surface area contributed by atoms with Crippen LogP contribution in [0.2, 0.25) is 0 Å². The fraction of sp³-hybridized carbons (Fsp3) is 0.259. The van der Waals surface area contributed by atoms with Crippen LogP contribution in [0.1, 0.15) is 27.9 Å². The summed E-state index contributed by atoms with van der Waals surface area (Å²) in [6.07, 6.45) is 2.48. The van der Waals surface area contributed by atoms with Crippen LogP contribution in [0.25, 0.3) is 11.1 Å². The summed E-state index contributed by atoms with van der Waals surface area (Å²) in [6, 6.07) is 23.1. The van der Waals surface area contributed by atoms with E-state index in [2.05, 4.69) is 10.6 Å². The highest BCUT2D eigenvalue weighted by molar-refractivity contribution is 7.98. The molecular weight excluding hydrogens is 432 g/mol. The maximum absolute atomic E-state index is 13.3. The molecule has 172 valence electrons. The van der Waals surface area contributed by atoms with Crippen molar-refractivity contribution in [2.24, 2.45) is 0 Å². The molecule has 3 rings (SSSR count). The molecule has 0 aliphatic heterocycles. The predicted octanol–water partition coefficient (Wildman–Crippen LogP) is 5.30. The van der Waals surface area contributed by atoms with Crippen molar-refractivity contribution >= 4 is 29.3 Å². The smallest absolute Gasteiger partial charge is 0.328 e. The van der Waals surface area contributed by atoms with Gasteiger partial charge in [0.1, 0.15) is 6.04 Å². The normalized spacial score (nSPS) is 11.5. The van der Waals surface area contributed by atoms with Gasteiger partial charge in [-0.3, -0.25) is 4.79 Å². The summed E-state index contributed by atoms with van der Waals surface area (Å²) in [6.45, 7) is 2.66. The molecule has 2 N–H and O–H groups in total. The van der Waals surface area contributed by atoms with Gasteiger partial charge in [0.15, 0.2) is 0 Å². The highest BCUT2D eigenvalue weighted by Crippen LogP contribution is 2.28. The summed E-state index contributed by atoms with van der Waals surface area (Å²) in [5.41, 5.74) is 5.53. The summed E-state index contributed by atoms with van der Waals surface area (Å²) in [5, 5.41) is 6.30. The Balaban J connectivity index is 1.91. The number of benzene rings is 3. The number of hydrogen-bond acceptors (Lipinski definition) is 5. The number of carbonyl (C=O) groups is 2. The lowest BCUT2D eigenvalue weighted by Crippen LogP contribution is -2.42. The molecule has 1 amide bonds. The standard InChI is InChI=1S/C27H30N2O3S/c1-19-9-7-8-12-22(19)24-17-20(18-28-21-10-5-4-6-11-21)13-14-23(24)26(30)29-25(15-16-33-3)27(31)32-2/h4-14,17,25,28H,15-16,18H2,1-3H3,(H,29,30)/t25-/m0/s1. The highest BCUT2D eigenvalue weighted by Gasteiger charge is 2.23. The van der Waals surface area contributed by atoms with Crippen LogP contribution in [-0.2, 0) is 16.1 Å². The Morgan fingerprint density at radius 3 is 2.39 bits per heavy atom. The lowest BCUT2D eigenvalue weighted by molar-refractivity contribution is -0.142. The number of anilines is 1. The van der Waals surface area contributed by atoms with E-state index in [-0.39, 0.29) is 5.91 Å². The van der Waals surface area contributed by atoms with E-state index in [4.69, 9.17) is 4.74 Å². The molecule has 0 aliphatic rings. The van der Waals surface area contributed by atoms with Gasteiger partial charge >= 0.3 is 5.97 Å². The Morgan fingerprint density at radius 1 is 0.970 bits per heavy atom. The number of ether oxygens (including phenoxy) is 1. The van der Waals surface area contributed by atoms with E-state index in [0.29, 0.717) is 18.5 Å². The van der Waals surface area contributed by atoms with Crippen LogP contribution in [0.15, 0.2) is 72.8 Å². The summed E-state index contributed by atoms with van der Waals surface area (Å²) in [7, 11) is 1.34. The quantitative estimate of drug-likeness (QED) is 0.400. The van der Waals surface area contributed by atoms with Gasteiger partial charge in [0.25, 0.3) is 5.91 Å². The number of carbonyl (C=O) groups excluding carboxylic acids is 2. The second-order valence-corrected chi connectivity index (χ2v) is 8.73. The number of rotatable bonds is 10. The Hall–Kier alpha value is -3.25. The summed E-state index contributed by atoms with van der Waals surface area (Å²) >= 11 is 1.62. The molecule has 1 atom stereocenters. The lowest BCUT2D eigenvalue weighted by atomic mass is 9.93. The van der Waals surface area contributed by atoms with E-state index in [1.54, 1.807) is 11.8 Å². The molecule has 3 aromatic rings. The van der Waals surface area contributed by atoms with E-state index in [1.807, 2.05) is 86.0 Å². The predicted molar refractivity (Wildman–Crippen MR) is 137 cm³/mol. The number of para-hydroxylation sites is 1. The fourth-order valence-corrected chi connectivity index (χ4v) is 4.09. The van der Waals surface area contributed by atoms with Crippen LogP contribution in [0.4, 0.5) is 5.69 Å².